The first kappa shape index (κ1) is 16.6. The lowest BCUT2D eigenvalue weighted by atomic mass is 9.85. The maximum Gasteiger partial charge on any atom is 0.0616 e. The van der Waals surface area contributed by atoms with Crippen molar-refractivity contribution >= 4 is 11.8 Å². The molecule has 0 aromatic carbocycles. The second kappa shape index (κ2) is 8.02. The number of aliphatic hydroxyl groups excluding tert-OH is 1. The highest BCUT2D eigenvalue weighted by molar-refractivity contribution is 7.99. The van der Waals surface area contributed by atoms with E-state index in [9.17, 15) is 5.11 Å². The first-order chi connectivity index (χ1) is 9.66. The second-order valence-electron chi connectivity index (χ2n) is 6.67. The zero-order chi connectivity index (χ0) is 14.4. The molecule has 0 bridgehead atoms. The number of hydrogen-bond donors (Lipinski definition) is 2. The number of rotatable bonds is 7. The van der Waals surface area contributed by atoms with Crippen LogP contribution in [-0.2, 0) is 4.74 Å². The highest BCUT2D eigenvalue weighted by Crippen LogP contribution is 2.39. The fourth-order valence-corrected chi connectivity index (χ4v) is 5.08. The highest BCUT2D eigenvalue weighted by Gasteiger charge is 2.42. The standard InChI is InChI=1S/C16H31NO2S/c1-13(2)17-16(12-18)8-3-4-14(16)7-11-20-15-5-9-19-10-6-15/h13-15,17-18H,3-12H2,1-2H3. The van der Waals surface area contributed by atoms with E-state index in [2.05, 4.69) is 30.9 Å². The van der Waals surface area contributed by atoms with E-state index in [0.29, 0.717) is 12.0 Å². The highest BCUT2D eigenvalue weighted by atomic mass is 32.2. The van der Waals surface area contributed by atoms with E-state index in [1.807, 2.05) is 0 Å². The predicted octanol–water partition coefficient (Wildman–Crippen LogP) is 2.82. The Kier molecular flexibility index (Phi) is 6.66. The minimum absolute atomic E-state index is 0.00952. The Balaban J connectivity index is 1.77. The lowest BCUT2D eigenvalue weighted by Crippen LogP contribution is -2.54. The Morgan fingerprint density at radius 1 is 1.30 bits per heavy atom. The number of hydrogen-bond acceptors (Lipinski definition) is 4. The molecule has 2 fully saturated rings. The third-order valence-electron chi connectivity index (χ3n) is 4.80. The molecule has 3 nitrogen and oxygen atoms in total. The average molecular weight is 301 g/mol. The Morgan fingerprint density at radius 3 is 2.70 bits per heavy atom. The first-order valence-electron chi connectivity index (χ1n) is 8.24. The Morgan fingerprint density at radius 2 is 2.05 bits per heavy atom. The van der Waals surface area contributed by atoms with Crippen molar-refractivity contribution in [3.05, 3.63) is 0 Å². The van der Waals surface area contributed by atoms with Gasteiger partial charge in [-0.25, -0.2) is 0 Å². The van der Waals surface area contributed by atoms with Gasteiger partial charge in [0.2, 0.25) is 0 Å². The molecule has 118 valence electrons. The molecular weight excluding hydrogens is 270 g/mol. The summed E-state index contributed by atoms with van der Waals surface area (Å²) >= 11 is 2.12. The van der Waals surface area contributed by atoms with E-state index in [1.165, 1.54) is 37.9 Å². The SMILES string of the molecule is CC(C)NC1(CO)CCCC1CCSC1CCOCC1. The summed E-state index contributed by atoms with van der Waals surface area (Å²) < 4.78 is 5.42. The quantitative estimate of drug-likeness (QED) is 0.759. The van der Waals surface area contributed by atoms with Gasteiger partial charge in [-0.3, -0.25) is 0 Å². The Hall–Kier alpha value is 0.230. The van der Waals surface area contributed by atoms with Crippen molar-refractivity contribution in [1.82, 2.24) is 5.32 Å². The van der Waals surface area contributed by atoms with Crippen LogP contribution in [0.15, 0.2) is 0 Å². The molecule has 2 N–H and O–H groups in total. The van der Waals surface area contributed by atoms with Crippen molar-refractivity contribution in [2.24, 2.45) is 5.92 Å². The van der Waals surface area contributed by atoms with Gasteiger partial charge in [0.1, 0.15) is 0 Å². The summed E-state index contributed by atoms with van der Waals surface area (Å²) in [5.74, 6) is 1.87. The minimum Gasteiger partial charge on any atom is -0.394 e. The van der Waals surface area contributed by atoms with Crippen molar-refractivity contribution in [3.8, 4) is 0 Å². The van der Waals surface area contributed by atoms with Gasteiger partial charge in [-0.15, -0.1) is 0 Å². The van der Waals surface area contributed by atoms with Gasteiger partial charge < -0.3 is 15.2 Å². The molecule has 4 heteroatoms. The van der Waals surface area contributed by atoms with Gasteiger partial charge in [0.25, 0.3) is 0 Å². The van der Waals surface area contributed by atoms with Crippen LogP contribution in [0.2, 0.25) is 0 Å². The summed E-state index contributed by atoms with van der Waals surface area (Å²) in [6.45, 7) is 6.54. The van der Waals surface area contributed by atoms with E-state index in [1.54, 1.807) is 0 Å². The van der Waals surface area contributed by atoms with Gasteiger partial charge in [-0.2, -0.15) is 11.8 Å². The molecule has 0 spiro atoms. The molecule has 2 unspecified atom stereocenters. The molecule has 1 saturated heterocycles. The number of thioether (sulfide) groups is 1. The molecule has 1 saturated carbocycles. The molecule has 2 aliphatic rings. The third kappa shape index (κ3) is 4.36. The van der Waals surface area contributed by atoms with Crippen molar-refractivity contribution in [3.63, 3.8) is 0 Å². The van der Waals surface area contributed by atoms with Crippen molar-refractivity contribution in [1.29, 1.82) is 0 Å². The van der Waals surface area contributed by atoms with Gasteiger partial charge in [-0.1, -0.05) is 20.3 Å². The molecule has 0 aromatic rings. The van der Waals surface area contributed by atoms with Crippen LogP contribution in [0.5, 0.6) is 0 Å². The molecule has 0 aromatic heterocycles. The maximum absolute atomic E-state index is 9.90. The van der Waals surface area contributed by atoms with E-state index >= 15 is 0 Å². The first-order valence-corrected chi connectivity index (χ1v) is 9.29. The molecule has 0 amide bonds. The van der Waals surface area contributed by atoms with Crippen LogP contribution >= 0.6 is 11.8 Å². The van der Waals surface area contributed by atoms with Crippen molar-refractivity contribution < 1.29 is 9.84 Å². The van der Waals surface area contributed by atoms with E-state index < -0.39 is 0 Å². The van der Waals surface area contributed by atoms with Gasteiger partial charge in [0, 0.05) is 30.0 Å². The van der Waals surface area contributed by atoms with Gasteiger partial charge >= 0.3 is 0 Å². The fourth-order valence-electron chi connectivity index (χ4n) is 3.80. The lowest BCUT2D eigenvalue weighted by Gasteiger charge is -2.37. The second-order valence-corrected chi connectivity index (χ2v) is 8.08. The molecule has 1 aliphatic carbocycles. The summed E-state index contributed by atoms with van der Waals surface area (Å²) in [5.41, 5.74) is -0.00952. The largest absolute Gasteiger partial charge is 0.394 e. The smallest absolute Gasteiger partial charge is 0.0616 e. The van der Waals surface area contributed by atoms with Crippen molar-refractivity contribution in [2.45, 2.75) is 69.2 Å². The Bertz CT molecular complexity index is 282. The van der Waals surface area contributed by atoms with Crippen LogP contribution < -0.4 is 5.32 Å². The number of nitrogens with one attached hydrogen (secondary N) is 1. The average Bonchev–Trinajstić information content (AvgIpc) is 2.83. The molecule has 20 heavy (non-hydrogen) atoms. The maximum atomic E-state index is 9.90. The van der Waals surface area contributed by atoms with Gasteiger partial charge in [0.05, 0.1) is 6.61 Å². The van der Waals surface area contributed by atoms with Crippen LogP contribution in [0.3, 0.4) is 0 Å². The van der Waals surface area contributed by atoms with E-state index in [-0.39, 0.29) is 12.1 Å². The molecule has 2 rings (SSSR count). The number of ether oxygens (including phenoxy) is 1. The van der Waals surface area contributed by atoms with Crippen LogP contribution in [0.25, 0.3) is 0 Å². The van der Waals surface area contributed by atoms with Crippen molar-refractivity contribution in [2.75, 3.05) is 25.6 Å². The summed E-state index contributed by atoms with van der Waals surface area (Å²) in [6, 6.07) is 0.450. The predicted molar refractivity (Wildman–Crippen MR) is 86.3 cm³/mol. The summed E-state index contributed by atoms with van der Waals surface area (Å²) in [5, 5.41) is 14.4. The van der Waals surface area contributed by atoms with E-state index in [4.69, 9.17) is 4.74 Å². The van der Waals surface area contributed by atoms with Crippen LogP contribution in [0, 0.1) is 5.92 Å². The van der Waals surface area contributed by atoms with Crippen LogP contribution in [0.4, 0.5) is 0 Å². The zero-order valence-electron chi connectivity index (χ0n) is 13.1. The summed E-state index contributed by atoms with van der Waals surface area (Å²) in [4.78, 5) is 0. The zero-order valence-corrected chi connectivity index (χ0v) is 13.9. The van der Waals surface area contributed by atoms with Crippen LogP contribution in [0.1, 0.15) is 52.4 Å². The molecule has 1 aliphatic heterocycles. The molecule has 2 atom stereocenters. The third-order valence-corrected chi connectivity index (χ3v) is 6.22. The summed E-state index contributed by atoms with van der Waals surface area (Å²) in [6.07, 6.45) is 7.33. The fraction of sp³-hybridized carbons (Fsp3) is 1.00. The Labute approximate surface area is 128 Å². The van der Waals surface area contributed by atoms with Gasteiger partial charge in [0.15, 0.2) is 0 Å². The summed E-state index contributed by atoms with van der Waals surface area (Å²) in [7, 11) is 0. The normalized spacial score (nSPS) is 32.1. The van der Waals surface area contributed by atoms with Gasteiger partial charge in [-0.05, 0) is 43.8 Å². The molecular formula is C16H31NO2S. The molecule has 1 heterocycles. The van der Waals surface area contributed by atoms with Crippen LogP contribution in [-0.4, -0.2) is 47.5 Å². The monoisotopic (exact) mass is 301 g/mol. The lowest BCUT2D eigenvalue weighted by molar-refractivity contribution is 0.0998. The molecule has 0 radical (unpaired) electrons. The van der Waals surface area contributed by atoms with E-state index in [0.717, 1.165) is 24.9 Å². The number of aliphatic hydroxyl groups is 1. The minimum atomic E-state index is -0.00952. The topological polar surface area (TPSA) is 41.5 Å².